The summed E-state index contributed by atoms with van der Waals surface area (Å²) in [6.07, 6.45) is 6.90. The maximum Gasteiger partial charge on any atom is 0.229 e. The third kappa shape index (κ3) is 4.50. The van der Waals surface area contributed by atoms with Crippen LogP contribution < -0.4 is 15.8 Å². The summed E-state index contributed by atoms with van der Waals surface area (Å²) < 4.78 is 5.24. The number of hydrogen-bond donors (Lipinski definition) is 2. The number of aromatic nitrogens is 2. The number of anilines is 3. The summed E-state index contributed by atoms with van der Waals surface area (Å²) in [6.45, 7) is 3.82. The topological polar surface area (TPSA) is 93.4 Å². The molecule has 7 heteroatoms. The van der Waals surface area contributed by atoms with E-state index in [9.17, 15) is 4.79 Å². The average molecular weight is 410 g/mol. The molecule has 2 atom stereocenters. The number of nitrogen functional groups attached to an aromatic ring is 1. The van der Waals surface area contributed by atoms with Gasteiger partial charge in [-0.25, -0.2) is 4.98 Å². The zero-order chi connectivity index (χ0) is 21.1. The summed E-state index contributed by atoms with van der Waals surface area (Å²) in [5.74, 6) is 3.28. The summed E-state index contributed by atoms with van der Waals surface area (Å²) in [4.78, 5) is 23.8. The molecule has 2 unspecified atom stereocenters. The minimum Gasteiger partial charge on any atom is -0.497 e. The van der Waals surface area contributed by atoms with E-state index >= 15 is 0 Å². The van der Waals surface area contributed by atoms with Gasteiger partial charge in [0.2, 0.25) is 11.9 Å². The fraction of sp³-hybridized carbons (Fsp3) is 0.522. The molecule has 1 aliphatic carbocycles. The highest BCUT2D eigenvalue weighted by Gasteiger charge is 2.33. The highest BCUT2D eigenvalue weighted by molar-refractivity contribution is 5.79. The maximum absolute atomic E-state index is 12.8. The van der Waals surface area contributed by atoms with Gasteiger partial charge in [0, 0.05) is 42.5 Å². The smallest absolute Gasteiger partial charge is 0.229 e. The highest BCUT2D eigenvalue weighted by Crippen LogP contribution is 2.35. The van der Waals surface area contributed by atoms with Crippen molar-refractivity contribution in [1.29, 1.82) is 0 Å². The van der Waals surface area contributed by atoms with E-state index in [-0.39, 0.29) is 5.92 Å². The van der Waals surface area contributed by atoms with E-state index in [1.807, 2.05) is 30.5 Å². The predicted molar refractivity (Wildman–Crippen MR) is 118 cm³/mol. The standard InChI is InChI=1S/C23H31N5O2/c1-15-6-7-17(12-15)22(29)28-10-8-16(9-11-28)20-14-25-23(27-21(20)24)26-18-4-3-5-19(13-18)30-2/h3-5,13-17H,6-12H2,1-2H3,(H3,24,25,26,27). The van der Waals surface area contributed by atoms with Crippen molar-refractivity contribution in [2.75, 3.05) is 31.2 Å². The van der Waals surface area contributed by atoms with Crippen molar-refractivity contribution in [2.24, 2.45) is 11.8 Å². The van der Waals surface area contributed by atoms with Gasteiger partial charge in [0.15, 0.2) is 0 Å². The van der Waals surface area contributed by atoms with E-state index in [4.69, 9.17) is 10.5 Å². The molecule has 160 valence electrons. The minimum atomic E-state index is 0.229. The molecule has 2 aromatic rings. The molecule has 7 nitrogen and oxygen atoms in total. The molecule has 1 aromatic heterocycles. The van der Waals surface area contributed by atoms with Crippen LogP contribution in [-0.4, -0.2) is 41.0 Å². The van der Waals surface area contributed by atoms with Crippen molar-refractivity contribution in [1.82, 2.24) is 14.9 Å². The predicted octanol–water partition coefficient (Wildman–Crippen LogP) is 3.95. The Hall–Kier alpha value is -2.83. The number of ether oxygens (including phenoxy) is 1. The number of carbonyl (C=O) groups excluding carboxylic acids is 1. The van der Waals surface area contributed by atoms with Crippen molar-refractivity contribution >= 4 is 23.4 Å². The van der Waals surface area contributed by atoms with Gasteiger partial charge in [-0.05, 0) is 56.1 Å². The van der Waals surface area contributed by atoms with E-state index in [1.165, 1.54) is 6.42 Å². The molecular formula is C23H31N5O2. The number of hydrogen-bond acceptors (Lipinski definition) is 6. The molecule has 0 spiro atoms. The lowest BCUT2D eigenvalue weighted by atomic mass is 9.90. The number of likely N-dealkylation sites (tertiary alicyclic amines) is 1. The molecule has 1 saturated heterocycles. The van der Waals surface area contributed by atoms with Gasteiger partial charge in [0.25, 0.3) is 0 Å². The first-order chi connectivity index (χ1) is 14.5. The number of nitrogens with one attached hydrogen (secondary N) is 1. The van der Waals surface area contributed by atoms with Gasteiger partial charge in [0.05, 0.1) is 7.11 Å². The Morgan fingerprint density at radius 1 is 1.23 bits per heavy atom. The van der Waals surface area contributed by atoms with Crippen LogP contribution in [0, 0.1) is 11.8 Å². The Kier molecular flexibility index (Phi) is 6.06. The van der Waals surface area contributed by atoms with Gasteiger partial charge in [-0.15, -0.1) is 0 Å². The second kappa shape index (κ2) is 8.90. The Morgan fingerprint density at radius 2 is 2.03 bits per heavy atom. The molecule has 2 heterocycles. The first-order valence-electron chi connectivity index (χ1n) is 10.9. The number of nitrogens with two attached hydrogens (primary N) is 1. The number of benzene rings is 1. The monoisotopic (exact) mass is 409 g/mol. The van der Waals surface area contributed by atoms with Crippen LogP contribution in [0.1, 0.15) is 50.5 Å². The highest BCUT2D eigenvalue weighted by atomic mass is 16.5. The summed E-state index contributed by atoms with van der Waals surface area (Å²) in [7, 11) is 1.63. The van der Waals surface area contributed by atoms with Crippen molar-refractivity contribution in [2.45, 2.75) is 44.9 Å². The largest absolute Gasteiger partial charge is 0.497 e. The molecule has 30 heavy (non-hydrogen) atoms. The van der Waals surface area contributed by atoms with Crippen LogP contribution in [0.15, 0.2) is 30.5 Å². The molecule has 0 radical (unpaired) electrons. The SMILES string of the molecule is COc1cccc(Nc2ncc(C3CCN(C(=O)C4CCC(C)C4)CC3)c(N)n2)c1. The van der Waals surface area contributed by atoms with Crippen molar-refractivity contribution < 1.29 is 9.53 Å². The minimum absolute atomic E-state index is 0.229. The quantitative estimate of drug-likeness (QED) is 0.777. The fourth-order valence-electron chi connectivity index (χ4n) is 4.71. The molecule has 4 rings (SSSR count). The fourth-order valence-corrected chi connectivity index (χ4v) is 4.71. The van der Waals surface area contributed by atoms with Crippen LogP contribution >= 0.6 is 0 Å². The summed E-state index contributed by atoms with van der Waals surface area (Å²) >= 11 is 0. The van der Waals surface area contributed by atoms with Gasteiger partial charge in [-0.2, -0.15) is 4.98 Å². The molecule has 2 fully saturated rings. The average Bonchev–Trinajstić information content (AvgIpc) is 3.20. The zero-order valence-electron chi connectivity index (χ0n) is 17.8. The number of amides is 1. The number of rotatable bonds is 5. The first kappa shape index (κ1) is 20.4. The summed E-state index contributed by atoms with van der Waals surface area (Å²) in [5, 5.41) is 3.17. The van der Waals surface area contributed by atoms with Crippen LogP contribution in [0.2, 0.25) is 0 Å². The molecule has 2 aliphatic rings. The third-order valence-electron chi connectivity index (χ3n) is 6.46. The maximum atomic E-state index is 12.8. The lowest BCUT2D eigenvalue weighted by Gasteiger charge is -2.34. The number of methoxy groups -OCH3 is 1. The van der Waals surface area contributed by atoms with E-state index in [0.29, 0.717) is 29.5 Å². The van der Waals surface area contributed by atoms with Gasteiger partial charge in [0.1, 0.15) is 11.6 Å². The Bertz CT molecular complexity index is 895. The van der Waals surface area contributed by atoms with E-state index in [0.717, 1.165) is 55.8 Å². The Balaban J connectivity index is 1.36. The van der Waals surface area contributed by atoms with Crippen LogP contribution in [-0.2, 0) is 4.79 Å². The van der Waals surface area contributed by atoms with Crippen molar-refractivity contribution in [3.63, 3.8) is 0 Å². The lowest BCUT2D eigenvalue weighted by molar-refractivity contribution is -0.136. The van der Waals surface area contributed by atoms with Crippen LogP contribution in [0.3, 0.4) is 0 Å². The van der Waals surface area contributed by atoms with Crippen molar-refractivity contribution in [3.8, 4) is 5.75 Å². The van der Waals surface area contributed by atoms with Crippen LogP contribution in [0.25, 0.3) is 0 Å². The second-order valence-corrected chi connectivity index (χ2v) is 8.61. The third-order valence-corrected chi connectivity index (χ3v) is 6.46. The molecule has 1 saturated carbocycles. The van der Waals surface area contributed by atoms with Crippen molar-refractivity contribution in [3.05, 3.63) is 36.0 Å². The normalized spacial score (nSPS) is 22.1. The zero-order valence-corrected chi connectivity index (χ0v) is 17.8. The first-order valence-corrected chi connectivity index (χ1v) is 10.9. The van der Waals surface area contributed by atoms with E-state index in [1.54, 1.807) is 7.11 Å². The Morgan fingerprint density at radius 3 is 2.70 bits per heavy atom. The Labute approximate surface area is 178 Å². The van der Waals surface area contributed by atoms with Crippen LogP contribution in [0.4, 0.5) is 17.5 Å². The molecule has 3 N–H and O–H groups in total. The number of carbonyl (C=O) groups is 1. The summed E-state index contributed by atoms with van der Waals surface area (Å²) in [6, 6.07) is 7.59. The van der Waals surface area contributed by atoms with Crippen LogP contribution in [0.5, 0.6) is 5.75 Å². The van der Waals surface area contributed by atoms with E-state index in [2.05, 4.69) is 27.1 Å². The molecule has 1 aromatic carbocycles. The molecule has 0 bridgehead atoms. The van der Waals surface area contributed by atoms with Gasteiger partial charge in [-0.3, -0.25) is 4.79 Å². The van der Waals surface area contributed by atoms with Gasteiger partial charge in [-0.1, -0.05) is 13.0 Å². The summed E-state index contributed by atoms with van der Waals surface area (Å²) in [5.41, 5.74) is 8.10. The number of nitrogens with zero attached hydrogens (tertiary/aromatic N) is 3. The molecule has 1 aliphatic heterocycles. The van der Waals surface area contributed by atoms with Gasteiger partial charge < -0.3 is 20.7 Å². The van der Waals surface area contributed by atoms with Gasteiger partial charge >= 0.3 is 0 Å². The molecule has 1 amide bonds. The second-order valence-electron chi connectivity index (χ2n) is 8.61. The molecular weight excluding hydrogens is 378 g/mol. The van der Waals surface area contributed by atoms with E-state index < -0.39 is 0 Å². The number of piperidine rings is 1. The lowest BCUT2D eigenvalue weighted by Crippen LogP contribution is -2.41.